The minimum absolute atomic E-state index is 1.24. The zero-order valence-corrected chi connectivity index (χ0v) is 14.3. The van der Waals surface area contributed by atoms with Crippen LogP contribution in [0.4, 0.5) is 0 Å². The Morgan fingerprint density at radius 1 is 0.737 bits per heavy atom. The van der Waals surface area contributed by atoms with Crippen molar-refractivity contribution in [3.63, 3.8) is 0 Å². The third-order valence-corrected chi connectivity index (χ3v) is 4.57. The maximum atomic E-state index is 3.00. The van der Waals surface area contributed by atoms with E-state index in [1.807, 2.05) is 0 Å². The number of hydrogen-bond donors (Lipinski definition) is 0. The lowest BCUT2D eigenvalue weighted by Crippen LogP contribution is -2.11. The van der Waals surface area contributed by atoms with E-state index in [2.05, 4.69) is 42.1 Å². The van der Waals surface area contributed by atoms with Crippen LogP contribution in [0.15, 0.2) is 12.1 Å². The lowest BCUT2D eigenvalue weighted by molar-refractivity contribution is 0.770. The highest BCUT2D eigenvalue weighted by Crippen LogP contribution is 2.17. The normalized spacial score (nSPS) is 10.9. The van der Waals surface area contributed by atoms with Crippen LogP contribution in [0, 0.1) is 0 Å². The lowest BCUT2D eigenvalue weighted by Gasteiger charge is -2.14. The Morgan fingerprint density at radius 2 is 1.16 bits per heavy atom. The maximum Gasteiger partial charge on any atom is -0.0239 e. The van der Waals surface area contributed by atoms with Crippen molar-refractivity contribution in [1.29, 1.82) is 0 Å². The van der Waals surface area contributed by atoms with Crippen LogP contribution in [0.1, 0.15) is 76.0 Å². The zero-order chi connectivity index (χ0) is 14.1. The Bertz CT molecular complexity index is 339. The molecular weight excluding hydrogens is 247 g/mol. The highest BCUT2D eigenvalue weighted by Gasteiger charge is 2.07. The fourth-order valence-corrected chi connectivity index (χ4v) is 2.98. The van der Waals surface area contributed by atoms with E-state index in [9.17, 15) is 0 Å². The summed E-state index contributed by atoms with van der Waals surface area (Å²) in [5.41, 5.74) is 4.71. The molecule has 0 bridgehead atoms. The molecule has 19 heavy (non-hydrogen) atoms. The van der Waals surface area contributed by atoms with Gasteiger partial charge in [-0.05, 0) is 60.5 Å². The van der Waals surface area contributed by atoms with Crippen molar-refractivity contribution in [1.82, 2.24) is 0 Å². The van der Waals surface area contributed by atoms with Gasteiger partial charge in [-0.2, -0.15) is 0 Å². The Morgan fingerprint density at radius 3 is 1.58 bits per heavy atom. The first kappa shape index (κ1) is 16.7. The molecule has 0 aliphatic heterocycles. The van der Waals surface area contributed by atoms with Crippen molar-refractivity contribution in [2.75, 3.05) is 0 Å². The summed E-state index contributed by atoms with van der Waals surface area (Å²) < 4.78 is 0. The number of unbranched alkanes of at least 4 members (excludes halogenated alkanes) is 3. The fourth-order valence-electron chi connectivity index (χ4n) is 2.52. The molecule has 0 heterocycles. The molecule has 108 valence electrons. The average molecular weight is 278 g/mol. The number of hydrogen-bond acceptors (Lipinski definition) is 0. The van der Waals surface area contributed by atoms with Crippen LogP contribution in [0.2, 0.25) is 0 Å². The zero-order valence-electron chi connectivity index (χ0n) is 13.1. The largest absolute Gasteiger partial charge is 0.105 e. The average Bonchev–Trinajstić information content (AvgIpc) is 2.43. The first-order valence-corrected chi connectivity index (χ1v) is 8.70. The summed E-state index contributed by atoms with van der Waals surface area (Å²) in [4.78, 5) is 0. The molecule has 1 rings (SSSR count). The molecule has 0 aliphatic rings. The molecule has 0 aromatic heterocycles. The van der Waals surface area contributed by atoms with E-state index in [-0.39, 0.29) is 0 Å². The quantitative estimate of drug-likeness (QED) is 0.544. The lowest BCUT2D eigenvalue weighted by atomic mass is 9.96. The molecule has 1 unspecified atom stereocenters. The van der Waals surface area contributed by atoms with Gasteiger partial charge in [0.25, 0.3) is 0 Å². The Kier molecular flexibility index (Phi) is 8.38. The Labute approximate surface area is 122 Å². The number of rotatable bonds is 9. The minimum Gasteiger partial charge on any atom is -0.105 e. The van der Waals surface area contributed by atoms with Gasteiger partial charge < -0.3 is 0 Å². The molecule has 0 N–H and O–H groups in total. The van der Waals surface area contributed by atoms with Crippen molar-refractivity contribution in [2.24, 2.45) is 0 Å². The molecule has 1 aromatic carbocycles. The van der Waals surface area contributed by atoms with Gasteiger partial charge in [0.1, 0.15) is 0 Å². The predicted molar refractivity (Wildman–Crippen MR) is 91.6 cm³/mol. The molecule has 0 fully saturated rings. The molecule has 0 saturated carbocycles. The molecule has 1 aromatic rings. The summed E-state index contributed by atoms with van der Waals surface area (Å²) in [7, 11) is 3.00. The summed E-state index contributed by atoms with van der Waals surface area (Å²) >= 11 is 0. The second-order valence-electron chi connectivity index (χ2n) is 5.64. The minimum atomic E-state index is 1.24. The molecule has 0 spiro atoms. The van der Waals surface area contributed by atoms with Gasteiger partial charge in [-0.15, -0.1) is 9.24 Å². The summed E-state index contributed by atoms with van der Waals surface area (Å²) in [5, 5.41) is 1.49. The second-order valence-corrected chi connectivity index (χ2v) is 6.22. The summed E-state index contributed by atoms with van der Waals surface area (Å²) in [6, 6.07) is 4.92. The van der Waals surface area contributed by atoms with E-state index in [0.717, 1.165) is 0 Å². The number of aryl methyl sites for hydroxylation is 3. The van der Waals surface area contributed by atoms with Crippen molar-refractivity contribution >= 4 is 14.5 Å². The second kappa shape index (κ2) is 9.54. The van der Waals surface area contributed by atoms with E-state index in [1.165, 1.54) is 63.1 Å². The van der Waals surface area contributed by atoms with Gasteiger partial charge in [-0.3, -0.25) is 0 Å². The third kappa shape index (κ3) is 5.65. The van der Waals surface area contributed by atoms with Crippen molar-refractivity contribution < 1.29 is 0 Å². The van der Waals surface area contributed by atoms with E-state index >= 15 is 0 Å². The van der Waals surface area contributed by atoms with Crippen LogP contribution in [-0.4, -0.2) is 0 Å². The summed E-state index contributed by atoms with van der Waals surface area (Å²) in [6.07, 6.45) is 11.5. The van der Waals surface area contributed by atoms with Crippen LogP contribution in [-0.2, 0) is 19.3 Å². The predicted octanol–water partition coefficient (Wildman–Crippen LogP) is 5.21. The summed E-state index contributed by atoms with van der Waals surface area (Å²) in [5.74, 6) is 0. The Hall–Kier alpha value is -0.350. The maximum absolute atomic E-state index is 3.00. The standard InChI is InChI=1S/C18H31P/c1-4-7-10-15-13-16(11-8-5-2)18(19)17(14-15)12-9-6-3/h13-14H,4-12,19H2,1-3H3. The van der Waals surface area contributed by atoms with Gasteiger partial charge in [0.15, 0.2) is 0 Å². The fraction of sp³-hybridized carbons (Fsp3) is 0.667. The highest BCUT2D eigenvalue weighted by atomic mass is 31.0. The van der Waals surface area contributed by atoms with Crippen molar-refractivity contribution in [2.45, 2.75) is 78.6 Å². The molecule has 0 radical (unpaired) electrons. The highest BCUT2D eigenvalue weighted by molar-refractivity contribution is 7.27. The molecular formula is C18H31P. The molecule has 0 nitrogen and oxygen atoms in total. The van der Waals surface area contributed by atoms with Gasteiger partial charge in [0.2, 0.25) is 0 Å². The first-order chi connectivity index (χ1) is 9.22. The SMILES string of the molecule is CCCCc1cc(CCCC)c(P)c(CCCC)c1. The molecule has 1 atom stereocenters. The van der Waals surface area contributed by atoms with E-state index < -0.39 is 0 Å². The van der Waals surface area contributed by atoms with Gasteiger partial charge in [0.05, 0.1) is 0 Å². The molecule has 1 heteroatoms. The topological polar surface area (TPSA) is 0 Å². The van der Waals surface area contributed by atoms with Crippen LogP contribution in [0.5, 0.6) is 0 Å². The monoisotopic (exact) mass is 278 g/mol. The molecule has 0 saturated heterocycles. The number of benzene rings is 1. The van der Waals surface area contributed by atoms with Crippen LogP contribution >= 0.6 is 9.24 Å². The van der Waals surface area contributed by atoms with Gasteiger partial charge in [0, 0.05) is 0 Å². The van der Waals surface area contributed by atoms with Crippen molar-refractivity contribution in [3.8, 4) is 0 Å². The molecule has 0 amide bonds. The van der Waals surface area contributed by atoms with E-state index in [1.54, 1.807) is 16.7 Å². The first-order valence-electron chi connectivity index (χ1n) is 8.13. The van der Waals surface area contributed by atoms with E-state index in [4.69, 9.17) is 0 Å². The van der Waals surface area contributed by atoms with Gasteiger partial charge >= 0.3 is 0 Å². The van der Waals surface area contributed by atoms with Crippen LogP contribution in [0.3, 0.4) is 0 Å². The van der Waals surface area contributed by atoms with Crippen LogP contribution < -0.4 is 5.30 Å². The Balaban J connectivity index is 2.92. The summed E-state index contributed by atoms with van der Waals surface area (Å²) in [6.45, 7) is 6.84. The van der Waals surface area contributed by atoms with Crippen LogP contribution in [0.25, 0.3) is 0 Å². The smallest absolute Gasteiger partial charge is 0.0239 e. The third-order valence-electron chi connectivity index (χ3n) is 3.83. The van der Waals surface area contributed by atoms with E-state index in [0.29, 0.717) is 0 Å². The molecule has 0 aliphatic carbocycles. The van der Waals surface area contributed by atoms with Gasteiger partial charge in [-0.1, -0.05) is 52.2 Å². The van der Waals surface area contributed by atoms with Gasteiger partial charge in [-0.25, -0.2) is 0 Å². The van der Waals surface area contributed by atoms with Crippen molar-refractivity contribution in [3.05, 3.63) is 28.8 Å².